The lowest BCUT2D eigenvalue weighted by Crippen LogP contribution is -1.91. The number of rotatable bonds is 2. The molecular weight excluding hydrogens is 176 g/mol. The van der Waals surface area contributed by atoms with Crippen LogP contribution in [0.25, 0.3) is 10.4 Å². The van der Waals surface area contributed by atoms with Gasteiger partial charge in [-0.2, -0.15) is 5.26 Å². The fraction of sp³-hybridized carbons (Fsp3) is 0.300. The van der Waals surface area contributed by atoms with Gasteiger partial charge in [-0.1, -0.05) is 24.2 Å². The minimum atomic E-state index is -0.188. The Morgan fingerprint density at radius 2 is 2.29 bits per heavy atom. The first-order chi connectivity index (χ1) is 6.69. The predicted molar refractivity (Wildman–Crippen MR) is 53.5 cm³/mol. The summed E-state index contributed by atoms with van der Waals surface area (Å²) >= 11 is 0. The van der Waals surface area contributed by atoms with Crippen molar-refractivity contribution in [1.82, 2.24) is 0 Å². The molecule has 0 aliphatic rings. The van der Waals surface area contributed by atoms with E-state index in [-0.39, 0.29) is 6.04 Å². The van der Waals surface area contributed by atoms with Crippen LogP contribution in [-0.2, 0) is 0 Å². The average Bonchev–Trinajstić information content (AvgIpc) is 2.18. The molecular formula is C10H10N4. The summed E-state index contributed by atoms with van der Waals surface area (Å²) in [5, 5.41) is 12.3. The van der Waals surface area contributed by atoms with E-state index in [0.717, 1.165) is 11.1 Å². The topological polar surface area (TPSA) is 72.6 Å². The number of nitriles is 1. The van der Waals surface area contributed by atoms with Gasteiger partial charge in [-0.05, 0) is 29.6 Å². The highest BCUT2D eigenvalue weighted by molar-refractivity contribution is 5.40. The smallest absolute Gasteiger partial charge is 0.0994 e. The first-order valence-corrected chi connectivity index (χ1v) is 4.24. The van der Waals surface area contributed by atoms with Crippen molar-refractivity contribution in [3.8, 4) is 6.07 Å². The van der Waals surface area contributed by atoms with E-state index in [0.29, 0.717) is 5.56 Å². The lowest BCUT2D eigenvalue weighted by Gasteiger charge is -2.06. The maximum absolute atomic E-state index is 8.72. The van der Waals surface area contributed by atoms with E-state index in [1.54, 1.807) is 6.07 Å². The Kier molecular flexibility index (Phi) is 3.11. The first-order valence-electron chi connectivity index (χ1n) is 4.24. The zero-order valence-electron chi connectivity index (χ0n) is 8.10. The fourth-order valence-electron chi connectivity index (χ4n) is 1.22. The lowest BCUT2D eigenvalue weighted by atomic mass is 10.0. The Hall–Kier alpha value is -1.98. The largest absolute Gasteiger partial charge is 0.192 e. The molecule has 0 spiro atoms. The van der Waals surface area contributed by atoms with Crippen molar-refractivity contribution in [3.05, 3.63) is 45.3 Å². The van der Waals surface area contributed by atoms with E-state index in [9.17, 15) is 0 Å². The van der Waals surface area contributed by atoms with Crippen LogP contribution in [0, 0.1) is 18.3 Å². The molecule has 14 heavy (non-hydrogen) atoms. The summed E-state index contributed by atoms with van der Waals surface area (Å²) in [4.78, 5) is 2.74. The van der Waals surface area contributed by atoms with Crippen LogP contribution in [0.15, 0.2) is 23.3 Å². The van der Waals surface area contributed by atoms with Gasteiger partial charge in [-0.3, -0.25) is 0 Å². The van der Waals surface area contributed by atoms with Crippen molar-refractivity contribution >= 4 is 0 Å². The van der Waals surface area contributed by atoms with E-state index in [4.69, 9.17) is 10.8 Å². The van der Waals surface area contributed by atoms with Crippen LogP contribution < -0.4 is 0 Å². The number of hydrogen-bond acceptors (Lipinski definition) is 2. The van der Waals surface area contributed by atoms with Crippen LogP contribution in [0.2, 0.25) is 0 Å². The van der Waals surface area contributed by atoms with Gasteiger partial charge in [0.05, 0.1) is 17.7 Å². The second-order valence-electron chi connectivity index (χ2n) is 3.07. The quantitative estimate of drug-likeness (QED) is 0.397. The van der Waals surface area contributed by atoms with Crippen LogP contribution in [0.4, 0.5) is 0 Å². The molecule has 0 saturated carbocycles. The molecule has 0 N–H and O–H groups in total. The average molecular weight is 186 g/mol. The van der Waals surface area contributed by atoms with Crippen LogP contribution in [0.1, 0.15) is 29.7 Å². The van der Waals surface area contributed by atoms with Gasteiger partial charge in [0.2, 0.25) is 0 Å². The fourth-order valence-corrected chi connectivity index (χ4v) is 1.22. The Bertz CT molecular complexity index is 424. The van der Waals surface area contributed by atoms with Gasteiger partial charge >= 0.3 is 0 Å². The molecule has 0 bridgehead atoms. The van der Waals surface area contributed by atoms with Gasteiger partial charge < -0.3 is 0 Å². The third-order valence-electron chi connectivity index (χ3n) is 2.08. The van der Waals surface area contributed by atoms with E-state index in [1.807, 2.05) is 26.0 Å². The summed E-state index contributed by atoms with van der Waals surface area (Å²) < 4.78 is 0. The van der Waals surface area contributed by atoms with Gasteiger partial charge in [0.25, 0.3) is 0 Å². The minimum Gasteiger partial charge on any atom is -0.192 e. The van der Waals surface area contributed by atoms with Gasteiger partial charge in [0, 0.05) is 4.91 Å². The second-order valence-corrected chi connectivity index (χ2v) is 3.07. The number of aryl methyl sites for hydroxylation is 1. The van der Waals surface area contributed by atoms with Gasteiger partial charge in [0.1, 0.15) is 0 Å². The van der Waals surface area contributed by atoms with Crippen molar-refractivity contribution in [3.63, 3.8) is 0 Å². The molecule has 0 radical (unpaired) electrons. The standard InChI is InChI=1S/C10H10N4/c1-7-5-9(8(2)13-14-12)3-4-10(7)6-11/h3-5,8H,1-2H3. The molecule has 0 aromatic heterocycles. The van der Waals surface area contributed by atoms with Crippen LogP contribution in [0.3, 0.4) is 0 Å². The van der Waals surface area contributed by atoms with Crippen LogP contribution >= 0.6 is 0 Å². The van der Waals surface area contributed by atoms with Crippen molar-refractivity contribution in [2.75, 3.05) is 0 Å². The molecule has 1 aromatic carbocycles. The molecule has 0 fully saturated rings. The maximum Gasteiger partial charge on any atom is 0.0994 e. The molecule has 1 unspecified atom stereocenters. The minimum absolute atomic E-state index is 0.188. The van der Waals surface area contributed by atoms with Crippen molar-refractivity contribution in [1.29, 1.82) is 5.26 Å². The summed E-state index contributed by atoms with van der Waals surface area (Å²) in [5.74, 6) is 0. The van der Waals surface area contributed by atoms with Gasteiger partial charge in [-0.15, -0.1) is 0 Å². The first kappa shape index (κ1) is 10.1. The van der Waals surface area contributed by atoms with Gasteiger partial charge in [0.15, 0.2) is 0 Å². The molecule has 1 rings (SSSR count). The molecule has 0 amide bonds. The Balaban J connectivity index is 3.09. The van der Waals surface area contributed by atoms with Crippen LogP contribution in [-0.4, -0.2) is 0 Å². The molecule has 1 atom stereocenters. The highest BCUT2D eigenvalue weighted by Crippen LogP contribution is 2.19. The third kappa shape index (κ3) is 2.03. The maximum atomic E-state index is 8.72. The molecule has 4 heteroatoms. The van der Waals surface area contributed by atoms with E-state index in [2.05, 4.69) is 16.1 Å². The van der Waals surface area contributed by atoms with Crippen molar-refractivity contribution in [2.45, 2.75) is 19.9 Å². The normalized spacial score (nSPS) is 11.2. The highest BCUT2D eigenvalue weighted by Gasteiger charge is 2.04. The highest BCUT2D eigenvalue weighted by atomic mass is 15.1. The molecule has 0 aliphatic carbocycles. The lowest BCUT2D eigenvalue weighted by molar-refractivity contribution is 0.806. The summed E-state index contributed by atoms with van der Waals surface area (Å²) in [6, 6.07) is 7.33. The van der Waals surface area contributed by atoms with E-state index < -0.39 is 0 Å². The molecule has 70 valence electrons. The van der Waals surface area contributed by atoms with Gasteiger partial charge in [-0.25, -0.2) is 0 Å². The Morgan fingerprint density at radius 1 is 1.57 bits per heavy atom. The number of hydrogen-bond donors (Lipinski definition) is 0. The number of benzene rings is 1. The number of nitrogens with zero attached hydrogens (tertiary/aromatic N) is 4. The molecule has 0 aliphatic heterocycles. The van der Waals surface area contributed by atoms with Crippen molar-refractivity contribution < 1.29 is 0 Å². The SMILES string of the molecule is Cc1cc(C(C)N=[N+]=[N-])ccc1C#N. The zero-order valence-corrected chi connectivity index (χ0v) is 8.10. The Morgan fingerprint density at radius 3 is 2.79 bits per heavy atom. The molecule has 1 aromatic rings. The predicted octanol–water partition coefficient (Wildman–Crippen LogP) is 3.24. The molecule has 0 heterocycles. The second kappa shape index (κ2) is 4.31. The zero-order chi connectivity index (χ0) is 10.6. The van der Waals surface area contributed by atoms with E-state index in [1.165, 1.54) is 0 Å². The molecule has 0 saturated heterocycles. The van der Waals surface area contributed by atoms with E-state index >= 15 is 0 Å². The molecule has 4 nitrogen and oxygen atoms in total. The summed E-state index contributed by atoms with van der Waals surface area (Å²) in [5.41, 5.74) is 10.8. The number of azide groups is 1. The van der Waals surface area contributed by atoms with Crippen LogP contribution in [0.5, 0.6) is 0 Å². The summed E-state index contributed by atoms with van der Waals surface area (Å²) in [6.07, 6.45) is 0. The van der Waals surface area contributed by atoms with Crippen molar-refractivity contribution in [2.24, 2.45) is 5.11 Å². The third-order valence-corrected chi connectivity index (χ3v) is 2.08. The monoisotopic (exact) mass is 186 g/mol. The summed E-state index contributed by atoms with van der Waals surface area (Å²) in [6.45, 7) is 3.69. The summed E-state index contributed by atoms with van der Waals surface area (Å²) in [7, 11) is 0. The Labute approximate surface area is 82.4 Å².